The Balaban J connectivity index is 1.73. The number of rotatable bonds is 3. The molecule has 1 N–H and O–H groups in total. The Labute approximate surface area is 144 Å². The van der Waals surface area contributed by atoms with Gasteiger partial charge in [-0.1, -0.05) is 37.1 Å². The average Bonchev–Trinajstić information content (AvgIpc) is 3.17. The van der Waals surface area contributed by atoms with Crippen molar-refractivity contribution in [1.29, 1.82) is 0 Å². The summed E-state index contributed by atoms with van der Waals surface area (Å²) < 4.78 is 5.41. The molecule has 126 valence electrons. The molecule has 1 amide bonds. The molecule has 2 aromatic carbocycles. The number of carbonyl (C=O) groups excluding carboxylic acids is 1. The van der Waals surface area contributed by atoms with Crippen LogP contribution in [-0.4, -0.2) is 10.9 Å². The number of nitrogens with zero attached hydrogens (tertiary/aromatic N) is 1. The molecule has 0 unspecified atom stereocenters. The van der Waals surface area contributed by atoms with E-state index in [0.29, 0.717) is 22.2 Å². The Morgan fingerprint density at radius 3 is 2.60 bits per heavy atom. The number of nitrogens with one attached hydrogen (secondary N) is 1. The first-order chi connectivity index (χ1) is 12.2. The van der Waals surface area contributed by atoms with E-state index in [1.54, 1.807) is 30.3 Å². The summed E-state index contributed by atoms with van der Waals surface area (Å²) in [5, 5.41) is 3.42. The van der Waals surface area contributed by atoms with Gasteiger partial charge in [0.2, 0.25) is 11.8 Å². The molecule has 0 atom stereocenters. The van der Waals surface area contributed by atoms with Gasteiger partial charge in [0.25, 0.3) is 0 Å². The highest BCUT2D eigenvalue weighted by atomic mass is 16.4. The van der Waals surface area contributed by atoms with Crippen molar-refractivity contribution in [2.45, 2.75) is 25.7 Å². The fraction of sp³-hybridized carbons (Fsp3) is 0.250. The summed E-state index contributed by atoms with van der Waals surface area (Å²) >= 11 is 0. The van der Waals surface area contributed by atoms with E-state index in [1.165, 1.54) is 0 Å². The Bertz CT molecular complexity index is 987. The first kappa shape index (κ1) is 15.6. The molecule has 1 aromatic heterocycles. The van der Waals surface area contributed by atoms with E-state index >= 15 is 0 Å². The second-order valence-corrected chi connectivity index (χ2v) is 6.34. The van der Waals surface area contributed by atoms with E-state index in [9.17, 15) is 9.59 Å². The lowest BCUT2D eigenvalue weighted by atomic mass is 10.1. The molecule has 0 radical (unpaired) electrons. The monoisotopic (exact) mass is 334 g/mol. The van der Waals surface area contributed by atoms with Crippen LogP contribution in [0, 0.1) is 5.92 Å². The van der Waals surface area contributed by atoms with E-state index in [0.717, 1.165) is 25.7 Å². The van der Waals surface area contributed by atoms with Gasteiger partial charge >= 0.3 is 5.63 Å². The van der Waals surface area contributed by atoms with Crippen LogP contribution in [0.2, 0.25) is 0 Å². The van der Waals surface area contributed by atoms with Crippen LogP contribution in [0.15, 0.2) is 57.7 Å². The maximum atomic E-state index is 12.5. The summed E-state index contributed by atoms with van der Waals surface area (Å²) in [6.45, 7) is 0. The van der Waals surface area contributed by atoms with Gasteiger partial charge in [-0.05, 0) is 37.1 Å². The number of amides is 1. The zero-order chi connectivity index (χ0) is 17.2. The molecule has 1 fully saturated rings. The molecule has 5 heteroatoms. The minimum Gasteiger partial charge on any atom is -0.403 e. The van der Waals surface area contributed by atoms with E-state index in [1.807, 2.05) is 18.2 Å². The topological polar surface area (TPSA) is 72.2 Å². The van der Waals surface area contributed by atoms with Crippen LogP contribution in [-0.2, 0) is 4.79 Å². The number of hydrogen-bond donors (Lipinski definition) is 1. The fourth-order valence-corrected chi connectivity index (χ4v) is 3.34. The molecule has 1 aliphatic carbocycles. The molecule has 1 heterocycles. The van der Waals surface area contributed by atoms with Gasteiger partial charge in [0.05, 0.1) is 22.2 Å². The van der Waals surface area contributed by atoms with E-state index < -0.39 is 5.63 Å². The zero-order valence-corrected chi connectivity index (χ0v) is 13.7. The maximum Gasteiger partial charge on any atom is 0.347 e. The number of carbonyl (C=O) groups is 1. The van der Waals surface area contributed by atoms with Gasteiger partial charge in [0.1, 0.15) is 0 Å². The number of hydrogen-bond acceptors (Lipinski definition) is 4. The highest BCUT2D eigenvalue weighted by Crippen LogP contribution is 2.30. The molecule has 0 aliphatic heterocycles. The standard InChI is InChI=1S/C20H18N2O3/c23-18(13-7-1-2-8-13)21-16-11-5-3-9-14(16)19-22-17-12-6-4-10-15(17)20(24)25-19/h3-6,9-13H,1-2,7-8H2,(H,21,23). The van der Waals surface area contributed by atoms with Crippen LogP contribution in [0.4, 0.5) is 5.69 Å². The van der Waals surface area contributed by atoms with Crippen LogP contribution < -0.4 is 10.9 Å². The second kappa shape index (κ2) is 6.51. The number of aromatic nitrogens is 1. The summed E-state index contributed by atoms with van der Waals surface area (Å²) in [4.78, 5) is 29.1. The quantitative estimate of drug-likeness (QED) is 0.786. The average molecular weight is 334 g/mol. The molecule has 0 bridgehead atoms. The molecule has 4 rings (SSSR count). The zero-order valence-electron chi connectivity index (χ0n) is 13.7. The van der Waals surface area contributed by atoms with Crippen molar-refractivity contribution >= 4 is 22.5 Å². The normalized spacial score (nSPS) is 14.7. The van der Waals surface area contributed by atoms with Crippen LogP contribution in [0.5, 0.6) is 0 Å². The van der Waals surface area contributed by atoms with Gasteiger partial charge in [-0.25, -0.2) is 9.78 Å². The minimum atomic E-state index is -0.433. The maximum absolute atomic E-state index is 12.5. The molecule has 3 aromatic rings. The Hall–Kier alpha value is -2.95. The Kier molecular flexibility index (Phi) is 4.06. The van der Waals surface area contributed by atoms with Crippen molar-refractivity contribution in [3.8, 4) is 11.5 Å². The summed E-state index contributed by atoms with van der Waals surface area (Å²) in [5.41, 5.74) is 1.37. The van der Waals surface area contributed by atoms with E-state index in [2.05, 4.69) is 10.3 Å². The van der Waals surface area contributed by atoms with Crippen molar-refractivity contribution in [1.82, 2.24) is 4.98 Å². The van der Waals surface area contributed by atoms with Gasteiger partial charge in [-0.2, -0.15) is 0 Å². The van der Waals surface area contributed by atoms with Gasteiger partial charge in [0, 0.05) is 5.92 Å². The number of fused-ring (bicyclic) bond motifs is 1. The van der Waals surface area contributed by atoms with Gasteiger partial charge in [0.15, 0.2) is 0 Å². The van der Waals surface area contributed by atoms with Crippen LogP contribution in [0.1, 0.15) is 25.7 Å². The summed E-state index contributed by atoms with van der Waals surface area (Å²) in [6, 6.07) is 14.3. The number of benzene rings is 2. The lowest BCUT2D eigenvalue weighted by Gasteiger charge is -2.13. The third-order valence-electron chi connectivity index (χ3n) is 4.68. The van der Waals surface area contributed by atoms with E-state index in [4.69, 9.17) is 4.42 Å². The van der Waals surface area contributed by atoms with Crippen molar-refractivity contribution in [2.75, 3.05) is 5.32 Å². The summed E-state index contributed by atoms with van der Waals surface area (Å²) in [5.74, 6) is 0.295. The van der Waals surface area contributed by atoms with Crippen LogP contribution in [0.3, 0.4) is 0 Å². The minimum absolute atomic E-state index is 0.0214. The lowest BCUT2D eigenvalue weighted by Crippen LogP contribution is -2.20. The largest absolute Gasteiger partial charge is 0.403 e. The van der Waals surface area contributed by atoms with Crippen LogP contribution in [0.25, 0.3) is 22.4 Å². The second-order valence-electron chi connectivity index (χ2n) is 6.34. The van der Waals surface area contributed by atoms with Crippen LogP contribution >= 0.6 is 0 Å². The molecular weight excluding hydrogens is 316 g/mol. The summed E-state index contributed by atoms with van der Waals surface area (Å²) in [7, 11) is 0. The van der Waals surface area contributed by atoms with Gasteiger partial charge in [-0.3, -0.25) is 4.79 Å². The smallest absolute Gasteiger partial charge is 0.347 e. The predicted molar refractivity (Wildman–Crippen MR) is 96.3 cm³/mol. The van der Waals surface area contributed by atoms with Gasteiger partial charge in [-0.15, -0.1) is 0 Å². The highest BCUT2D eigenvalue weighted by Gasteiger charge is 2.23. The van der Waals surface area contributed by atoms with Crippen molar-refractivity contribution in [3.63, 3.8) is 0 Å². The molecule has 1 aliphatic rings. The highest BCUT2D eigenvalue weighted by molar-refractivity contribution is 5.96. The van der Waals surface area contributed by atoms with Gasteiger partial charge < -0.3 is 9.73 Å². The first-order valence-corrected chi connectivity index (χ1v) is 8.52. The molecule has 0 saturated heterocycles. The molecular formula is C20H18N2O3. The molecule has 25 heavy (non-hydrogen) atoms. The number of para-hydroxylation sites is 2. The SMILES string of the molecule is O=C(Nc1ccccc1-c1nc2ccccc2c(=O)o1)C1CCCC1. The van der Waals surface area contributed by atoms with Crippen molar-refractivity contribution in [2.24, 2.45) is 5.92 Å². The lowest BCUT2D eigenvalue weighted by molar-refractivity contribution is -0.119. The molecule has 5 nitrogen and oxygen atoms in total. The third-order valence-corrected chi connectivity index (χ3v) is 4.68. The summed E-state index contributed by atoms with van der Waals surface area (Å²) in [6.07, 6.45) is 4.05. The number of anilines is 1. The third kappa shape index (κ3) is 3.05. The molecule has 1 saturated carbocycles. The van der Waals surface area contributed by atoms with Crippen molar-refractivity contribution < 1.29 is 9.21 Å². The predicted octanol–water partition coefficient (Wildman–Crippen LogP) is 3.98. The Morgan fingerprint density at radius 1 is 1.04 bits per heavy atom. The van der Waals surface area contributed by atoms with E-state index in [-0.39, 0.29) is 17.7 Å². The first-order valence-electron chi connectivity index (χ1n) is 8.52. The van der Waals surface area contributed by atoms with Crippen molar-refractivity contribution in [3.05, 3.63) is 59.0 Å². The Morgan fingerprint density at radius 2 is 1.76 bits per heavy atom. The fourth-order valence-electron chi connectivity index (χ4n) is 3.34. The molecule has 0 spiro atoms.